The monoisotopic (exact) mass is 143 g/mol. The minimum absolute atomic E-state index is 0.00319. The van der Waals surface area contributed by atoms with Gasteiger partial charge in [-0.05, 0) is 6.42 Å². The van der Waals surface area contributed by atoms with Gasteiger partial charge in [-0.2, -0.15) is 0 Å². The summed E-state index contributed by atoms with van der Waals surface area (Å²) in [4.78, 5) is 10.7. The van der Waals surface area contributed by atoms with Crippen molar-refractivity contribution in [2.45, 2.75) is 31.7 Å². The molecule has 1 aliphatic heterocycles. The van der Waals surface area contributed by atoms with Crippen molar-refractivity contribution in [1.82, 2.24) is 5.32 Å². The van der Waals surface area contributed by atoms with Crippen LogP contribution in [0.1, 0.15) is 26.2 Å². The molecule has 1 saturated heterocycles. The van der Waals surface area contributed by atoms with E-state index in [1.807, 2.05) is 0 Å². The van der Waals surface area contributed by atoms with Gasteiger partial charge in [0, 0.05) is 0 Å². The van der Waals surface area contributed by atoms with E-state index in [9.17, 15) is 4.79 Å². The zero-order valence-corrected chi connectivity index (χ0v) is 6.18. The molecule has 1 unspecified atom stereocenters. The Hall–Kier alpha value is -0.570. The average Bonchev–Trinajstić information content (AvgIpc) is 2.59. The van der Waals surface area contributed by atoms with Crippen molar-refractivity contribution in [3.63, 3.8) is 0 Å². The SMILES string of the molecule is CCCCC1(CO)NC1=O. The van der Waals surface area contributed by atoms with Crippen LogP contribution in [0.4, 0.5) is 0 Å². The molecule has 0 aromatic heterocycles. The molecular formula is C7H13NO2. The number of aliphatic hydroxyl groups excluding tert-OH is 1. The summed E-state index contributed by atoms with van der Waals surface area (Å²) >= 11 is 0. The Labute approximate surface area is 60.4 Å². The van der Waals surface area contributed by atoms with Gasteiger partial charge in [0.15, 0.2) is 0 Å². The molecule has 0 aromatic carbocycles. The highest BCUT2D eigenvalue weighted by atomic mass is 16.3. The molecule has 0 radical (unpaired) electrons. The van der Waals surface area contributed by atoms with Crippen molar-refractivity contribution in [3.05, 3.63) is 0 Å². The standard InChI is InChI=1S/C7H13NO2/c1-2-3-4-7(5-9)6(10)8-7/h9H,2-5H2,1H3,(H,8,10). The third-order valence-electron chi connectivity index (χ3n) is 1.95. The molecule has 1 aliphatic rings. The Bertz CT molecular complexity index is 147. The van der Waals surface area contributed by atoms with Crippen LogP contribution in [0.15, 0.2) is 0 Å². The van der Waals surface area contributed by atoms with E-state index in [4.69, 9.17) is 5.11 Å². The van der Waals surface area contributed by atoms with E-state index < -0.39 is 5.54 Å². The molecule has 1 fully saturated rings. The van der Waals surface area contributed by atoms with Crippen LogP contribution in [-0.2, 0) is 4.79 Å². The summed E-state index contributed by atoms with van der Waals surface area (Å²) in [6.07, 6.45) is 2.84. The van der Waals surface area contributed by atoms with Crippen molar-refractivity contribution >= 4 is 5.91 Å². The Balaban J connectivity index is 2.30. The van der Waals surface area contributed by atoms with Gasteiger partial charge >= 0.3 is 0 Å². The maximum atomic E-state index is 10.7. The highest BCUT2D eigenvalue weighted by Crippen LogP contribution is 2.24. The quantitative estimate of drug-likeness (QED) is 0.546. The number of aliphatic hydroxyl groups is 1. The van der Waals surface area contributed by atoms with Gasteiger partial charge in [-0.25, -0.2) is 0 Å². The summed E-state index contributed by atoms with van der Waals surface area (Å²) < 4.78 is 0. The predicted octanol–water partition coefficient (Wildman–Crippen LogP) is 0.0375. The summed E-state index contributed by atoms with van der Waals surface area (Å²) in [5.41, 5.74) is -0.532. The van der Waals surface area contributed by atoms with E-state index >= 15 is 0 Å². The topological polar surface area (TPSA) is 59.2 Å². The maximum absolute atomic E-state index is 10.7. The summed E-state index contributed by atoms with van der Waals surface area (Å²) in [5, 5.41) is 11.4. The molecule has 2 N–H and O–H groups in total. The zero-order valence-electron chi connectivity index (χ0n) is 6.18. The van der Waals surface area contributed by atoms with Crippen LogP contribution in [0, 0.1) is 0 Å². The Morgan fingerprint density at radius 3 is 2.60 bits per heavy atom. The number of nitrogens with one attached hydrogen (secondary N) is 1. The second-order valence-corrected chi connectivity index (χ2v) is 2.80. The lowest BCUT2D eigenvalue weighted by atomic mass is 10.0. The number of rotatable bonds is 4. The van der Waals surface area contributed by atoms with Gasteiger partial charge in [-0.15, -0.1) is 0 Å². The van der Waals surface area contributed by atoms with Crippen LogP contribution in [-0.4, -0.2) is 23.2 Å². The summed E-state index contributed by atoms with van der Waals surface area (Å²) in [6.45, 7) is 2.02. The van der Waals surface area contributed by atoms with E-state index in [-0.39, 0.29) is 12.5 Å². The van der Waals surface area contributed by atoms with Gasteiger partial charge in [0.2, 0.25) is 5.91 Å². The van der Waals surface area contributed by atoms with Crippen molar-refractivity contribution in [2.75, 3.05) is 6.61 Å². The lowest BCUT2D eigenvalue weighted by Gasteiger charge is -2.03. The lowest BCUT2D eigenvalue weighted by Crippen LogP contribution is -2.21. The first-order chi connectivity index (χ1) is 4.75. The molecule has 1 amide bonds. The highest BCUT2D eigenvalue weighted by Gasteiger charge is 2.51. The molecule has 0 bridgehead atoms. The van der Waals surface area contributed by atoms with E-state index in [0.29, 0.717) is 0 Å². The molecule has 3 nitrogen and oxygen atoms in total. The Morgan fingerprint density at radius 2 is 2.30 bits per heavy atom. The first-order valence-electron chi connectivity index (χ1n) is 3.68. The van der Waals surface area contributed by atoms with Gasteiger partial charge in [0.1, 0.15) is 5.54 Å². The van der Waals surface area contributed by atoms with E-state index in [1.54, 1.807) is 0 Å². The predicted molar refractivity (Wildman–Crippen MR) is 37.5 cm³/mol. The molecule has 1 rings (SSSR count). The zero-order chi connectivity index (χ0) is 7.61. The van der Waals surface area contributed by atoms with Crippen LogP contribution in [0.3, 0.4) is 0 Å². The fourth-order valence-electron chi connectivity index (χ4n) is 1.03. The minimum Gasteiger partial charge on any atom is -0.393 e. The number of hydrogen-bond donors (Lipinski definition) is 2. The Morgan fingerprint density at radius 1 is 1.70 bits per heavy atom. The van der Waals surface area contributed by atoms with E-state index in [1.165, 1.54) is 0 Å². The molecule has 0 aliphatic carbocycles. The Kier molecular flexibility index (Phi) is 1.94. The second-order valence-electron chi connectivity index (χ2n) is 2.80. The first-order valence-corrected chi connectivity index (χ1v) is 3.68. The number of carbonyl (C=O) groups is 1. The van der Waals surface area contributed by atoms with E-state index in [0.717, 1.165) is 19.3 Å². The van der Waals surface area contributed by atoms with Crippen LogP contribution in [0.25, 0.3) is 0 Å². The molecule has 1 heterocycles. The smallest absolute Gasteiger partial charge is 0.249 e. The van der Waals surface area contributed by atoms with Crippen LogP contribution in [0.2, 0.25) is 0 Å². The number of hydrogen-bond acceptors (Lipinski definition) is 2. The van der Waals surface area contributed by atoms with Crippen molar-refractivity contribution in [1.29, 1.82) is 0 Å². The molecule has 0 saturated carbocycles. The number of carbonyl (C=O) groups excluding carboxylic acids is 1. The molecule has 0 spiro atoms. The van der Waals surface area contributed by atoms with Gasteiger partial charge in [0.05, 0.1) is 6.61 Å². The van der Waals surface area contributed by atoms with Gasteiger partial charge < -0.3 is 10.4 Å². The largest absolute Gasteiger partial charge is 0.393 e. The third kappa shape index (κ3) is 1.14. The summed E-state index contributed by atoms with van der Waals surface area (Å²) in [5.74, 6) is 0.00319. The van der Waals surface area contributed by atoms with Gasteiger partial charge in [-0.3, -0.25) is 4.79 Å². The first kappa shape index (κ1) is 7.54. The van der Waals surface area contributed by atoms with E-state index in [2.05, 4.69) is 12.2 Å². The molecule has 58 valence electrons. The number of unbranched alkanes of at least 4 members (excludes halogenated alkanes) is 1. The molecule has 10 heavy (non-hydrogen) atoms. The fourth-order valence-corrected chi connectivity index (χ4v) is 1.03. The summed E-state index contributed by atoms with van der Waals surface area (Å²) in [6, 6.07) is 0. The van der Waals surface area contributed by atoms with Crippen LogP contribution >= 0.6 is 0 Å². The molecule has 0 aromatic rings. The number of amides is 1. The maximum Gasteiger partial charge on any atom is 0.249 e. The van der Waals surface area contributed by atoms with Crippen LogP contribution < -0.4 is 5.32 Å². The second kappa shape index (κ2) is 2.58. The van der Waals surface area contributed by atoms with Gasteiger partial charge in [0.25, 0.3) is 0 Å². The molecular weight excluding hydrogens is 130 g/mol. The highest BCUT2D eigenvalue weighted by molar-refractivity contribution is 6.02. The fraction of sp³-hybridized carbons (Fsp3) is 0.857. The molecule has 3 heteroatoms. The van der Waals surface area contributed by atoms with Crippen molar-refractivity contribution in [2.24, 2.45) is 0 Å². The van der Waals surface area contributed by atoms with Crippen molar-refractivity contribution in [3.8, 4) is 0 Å². The lowest BCUT2D eigenvalue weighted by molar-refractivity contribution is -0.112. The summed E-state index contributed by atoms with van der Waals surface area (Å²) in [7, 11) is 0. The van der Waals surface area contributed by atoms with Gasteiger partial charge in [-0.1, -0.05) is 19.8 Å². The third-order valence-corrected chi connectivity index (χ3v) is 1.95. The normalized spacial score (nSPS) is 30.0. The minimum atomic E-state index is -0.532. The average molecular weight is 143 g/mol. The van der Waals surface area contributed by atoms with Crippen LogP contribution in [0.5, 0.6) is 0 Å². The molecule has 1 atom stereocenters. The van der Waals surface area contributed by atoms with Crippen molar-refractivity contribution < 1.29 is 9.90 Å².